The number of hydrogen-bond acceptors (Lipinski definition) is 6. The van der Waals surface area contributed by atoms with Crippen LogP contribution in [0.15, 0.2) is 34.9 Å². The highest BCUT2D eigenvalue weighted by Crippen LogP contribution is 2.22. The van der Waals surface area contributed by atoms with E-state index >= 15 is 0 Å². The van der Waals surface area contributed by atoms with Crippen molar-refractivity contribution in [3.63, 3.8) is 0 Å². The van der Waals surface area contributed by atoms with E-state index in [9.17, 15) is 0 Å². The Morgan fingerprint density at radius 1 is 1.24 bits per heavy atom. The molecule has 1 aliphatic rings. The molecule has 1 aromatic carbocycles. The van der Waals surface area contributed by atoms with Crippen LogP contribution in [-0.2, 0) is 4.74 Å². The minimum absolute atomic E-state index is 0.131. The second-order valence-electron chi connectivity index (χ2n) is 5.14. The van der Waals surface area contributed by atoms with Gasteiger partial charge in [0.15, 0.2) is 0 Å². The van der Waals surface area contributed by atoms with Crippen LogP contribution in [0.4, 0.5) is 17.4 Å². The highest BCUT2D eigenvalue weighted by atomic mass is 16.5. The van der Waals surface area contributed by atoms with E-state index in [0.717, 1.165) is 37.7 Å². The maximum Gasteiger partial charge on any atom is 0.299 e. The molecule has 1 aromatic heterocycles. The standard InChI is InChI=1S/C15H20N4O2/c1-11(16)14-10-21-15(18-14)17-12-2-4-13(5-3-12)19-6-8-20-9-7-19/h2-5,10-11H,6-9,16H2,1H3,(H,17,18). The molecule has 2 heterocycles. The molecule has 1 unspecified atom stereocenters. The highest BCUT2D eigenvalue weighted by molar-refractivity contribution is 5.58. The summed E-state index contributed by atoms with van der Waals surface area (Å²) in [6.45, 7) is 5.32. The molecule has 0 radical (unpaired) electrons. The van der Waals surface area contributed by atoms with Crippen molar-refractivity contribution in [1.82, 2.24) is 4.98 Å². The van der Waals surface area contributed by atoms with E-state index in [-0.39, 0.29) is 6.04 Å². The van der Waals surface area contributed by atoms with Gasteiger partial charge in [-0.2, -0.15) is 4.98 Å². The van der Waals surface area contributed by atoms with Crippen LogP contribution in [0.1, 0.15) is 18.7 Å². The fourth-order valence-corrected chi connectivity index (χ4v) is 2.25. The van der Waals surface area contributed by atoms with Crippen LogP contribution in [0.2, 0.25) is 0 Å². The van der Waals surface area contributed by atoms with Gasteiger partial charge in [0.05, 0.1) is 18.9 Å². The van der Waals surface area contributed by atoms with Crippen LogP contribution in [0.5, 0.6) is 0 Å². The molecule has 21 heavy (non-hydrogen) atoms. The number of rotatable bonds is 4. The summed E-state index contributed by atoms with van der Waals surface area (Å²) in [6.07, 6.45) is 1.58. The summed E-state index contributed by atoms with van der Waals surface area (Å²) in [5.74, 6) is 0. The molecule has 1 atom stereocenters. The van der Waals surface area contributed by atoms with Gasteiger partial charge < -0.3 is 25.1 Å². The molecular weight excluding hydrogens is 268 g/mol. The SMILES string of the molecule is CC(N)c1coc(Nc2ccc(N3CCOCC3)cc2)n1. The summed E-state index contributed by atoms with van der Waals surface area (Å²) in [6, 6.07) is 8.53. The minimum Gasteiger partial charge on any atom is -0.432 e. The molecule has 6 heteroatoms. The number of nitrogens with two attached hydrogens (primary N) is 1. The van der Waals surface area contributed by atoms with E-state index in [2.05, 4.69) is 27.3 Å². The highest BCUT2D eigenvalue weighted by Gasteiger charge is 2.11. The average Bonchev–Trinajstić information content (AvgIpc) is 2.98. The molecule has 0 spiro atoms. The zero-order valence-electron chi connectivity index (χ0n) is 12.1. The first kappa shape index (κ1) is 13.9. The van der Waals surface area contributed by atoms with Gasteiger partial charge in [0, 0.05) is 30.5 Å². The van der Waals surface area contributed by atoms with Crippen LogP contribution < -0.4 is 16.0 Å². The van der Waals surface area contributed by atoms with E-state index in [1.54, 1.807) is 6.26 Å². The molecule has 112 valence electrons. The molecule has 0 saturated carbocycles. The lowest BCUT2D eigenvalue weighted by Crippen LogP contribution is -2.36. The number of nitrogens with one attached hydrogen (secondary N) is 1. The maximum absolute atomic E-state index is 5.76. The molecule has 0 aliphatic carbocycles. The van der Waals surface area contributed by atoms with Crippen LogP contribution in [0.25, 0.3) is 0 Å². The lowest BCUT2D eigenvalue weighted by atomic mass is 10.2. The van der Waals surface area contributed by atoms with E-state index < -0.39 is 0 Å². The largest absolute Gasteiger partial charge is 0.432 e. The third-order valence-electron chi connectivity index (χ3n) is 3.48. The van der Waals surface area contributed by atoms with Crippen LogP contribution in [0.3, 0.4) is 0 Å². The molecule has 3 rings (SSSR count). The van der Waals surface area contributed by atoms with Gasteiger partial charge in [-0.25, -0.2) is 0 Å². The van der Waals surface area contributed by atoms with Crippen molar-refractivity contribution in [3.05, 3.63) is 36.2 Å². The number of anilines is 3. The zero-order valence-corrected chi connectivity index (χ0v) is 12.1. The summed E-state index contributed by atoms with van der Waals surface area (Å²) in [5.41, 5.74) is 8.63. The lowest BCUT2D eigenvalue weighted by Gasteiger charge is -2.28. The number of ether oxygens (including phenoxy) is 1. The van der Waals surface area contributed by atoms with Crippen molar-refractivity contribution in [2.24, 2.45) is 5.73 Å². The Kier molecular flexibility index (Phi) is 4.08. The number of aromatic nitrogens is 1. The van der Waals surface area contributed by atoms with Gasteiger partial charge in [0.1, 0.15) is 6.26 Å². The third kappa shape index (κ3) is 3.34. The van der Waals surface area contributed by atoms with Crippen molar-refractivity contribution >= 4 is 17.4 Å². The topological polar surface area (TPSA) is 76.5 Å². The van der Waals surface area contributed by atoms with E-state index in [1.807, 2.05) is 19.1 Å². The smallest absolute Gasteiger partial charge is 0.299 e. The first-order valence-corrected chi connectivity index (χ1v) is 7.13. The fourth-order valence-electron chi connectivity index (χ4n) is 2.25. The van der Waals surface area contributed by atoms with Crippen molar-refractivity contribution < 1.29 is 9.15 Å². The van der Waals surface area contributed by atoms with Gasteiger partial charge in [-0.3, -0.25) is 0 Å². The molecule has 6 nitrogen and oxygen atoms in total. The molecule has 0 amide bonds. The Balaban J connectivity index is 1.65. The number of morpholine rings is 1. The van der Waals surface area contributed by atoms with Crippen LogP contribution in [0, 0.1) is 0 Å². The summed E-state index contributed by atoms with van der Waals surface area (Å²) < 4.78 is 10.7. The summed E-state index contributed by atoms with van der Waals surface area (Å²) in [5, 5.41) is 3.13. The van der Waals surface area contributed by atoms with E-state index in [1.165, 1.54) is 5.69 Å². The molecule has 3 N–H and O–H groups in total. The molecular formula is C15H20N4O2. The second-order valence-corrected chi connectivity index (χ2v) is 5.14. The number of benzene rings is 1. The Hall–Kier alpha value is -2.05. The van der Waals surface area contributed by atoms with Crippen molar-refractivity contribution in [3.8, 4) is 0 Å². The fraction of sp³-hybridized carbons (Fsp3) is 0.400. The third-order valence-corrected chi connectivity index (χ3v) is 3.48. The Bertz CT molecular complexity index is 574. The molecule has 1 fully saturated rings. The van der Waals surface area contributed by atoms with Gasteiger partial charge in [-0.15, -0.1) is 0 Å². The molecule has 1 saturated heterocycles. The monoisotopic (exact) mass is 288 g/mol. The lowest BCUT2D eigenvalue weighted by molar-refractivity contribution is 0.122. The quantitative estimate of drug-likeness (QED) is 0.899. The number of hydrogen-bond donors (Lipinski definition) is 2. The number of oxazole rings is 1. The van der Waals surface area contributed by atoms with Gasteiger partial charge in [0.25, 0.3) is 6.01 Å². The Labute approximate surface area is 123 Å². The Morgan fingerprint density at radius 3 is 2.57 bits per heavy atom. The first-order chi connectivity index (χ1) is 10.2. The predicted octanol–water partition coefficient (Wildman–Crippen LogP) is 2.27. The molecule has 0 bridgehead atoms. The van der Waals surface area contributed by atoms with Gasteiger partial charge >= 0.3 is 0 Å². The predicted molar refractivity (Wildman–Crippen MR) is 81.9 cm³/mol. The first-order valence-electron chi connectivity index (χ1n) is 7.13. The second kappa shape index (κ2) is 6.15. The van der Waals surface area contributed by atoms with Gasteiger partial charge in [-0.1, -0.05) is 0 Å². The van der Waals surface area contributed by atoms with E-state index in [0.29, 0.717) is 6.01 Å². The van der Waals surface area contributed by atoms with Gasteiger partial charge in [0.2, 0.25) is 0 Å². The van der Waals surface area contributed by atoms with Gasteiger partial charge in [-0.05, 0) is 31.2 Å². The van der Waals surface area contributed by atoms with Crippen LogP contribution >= 0.6 is 0 Å². The van der Waals surface area contributed by atoms with Crippen LogP contribution in [-0.4, -0.2) is 31.3 Å². The van der Waals surface area contributed by atoms with Crippen molar-refractivity contribution in [2.75, 3.05) is 36.5 Å². The zero-order chi connectivity index (χ0) is 14.7. The average molecular weight is 288 g/mol. The minimum atomic E-state index is -0.131. The van der Waals surface area contributed by atoms with Crippen molar-refractivity contribution in [1.29, 1.82) is 0 Å². The summed E-state index contributed by atoms with van der Waals surface area (Å²) in [7, 11) is 0. The molecule has 2 aromatic rings. The van der Waals surface area contributed by atoms with Crippen molar-refractivity contribution in [2.45, 2.75) is 13.0 Å². The summed E-state index contributed by atoms with van der Waals surface area (Å²) in [4.78, 5) is 6.60. The Morgan fingerprint density at radius 2 is 1.95 bits per heavy atom. The summed E-state index contributed by atoms with van der Waals surface area (Å²) >= 11 is 0. The van der Waals surface area contributed by atoms with E-state index in [4.69, 9.17) is 14.9 Å². The normalized spacial score (nSPS) is 16.8. The molecule has 1 aliphatic heterocycles. The maximum atomic E-state index is 5.76. The number of nitrogens with zero attached hydrogens (tertiary/aromatic N) is 2.